The predicted molar refractivity (Wildman–Crippen MR) is 63.4 cm³/mol. The Labute approximate surface area is 154 Å². The van der Waals surface area contributed by atoms with E-state index in [1.165, 1.54) is 32.0 Å². The molecule has 0 heterocycles. The number of Topliss-reactive ketones (excluding diaryl/α,β-unsaturated/α-hetero) is 1. The number of benzene rings is 1. The van der Waals surface area contributed by atoms with Crippen molar-refractivity contribution in [1.82, 2.24) is 0 Å². The second-order valence-electron chi connectivity index (χ2n) is 3.76. The van der Waals surface area contributed by atoms with E-state index in [1.54, 1.807) is 0 Å². The summed E-state index contributed by atoms with van der Waals surface area (Å²) in [6.45, 7) is 2.68. The van der Waals surface area contributed by atoms with Gasteiger partial charge in [0.2, 0.25) is 0 Å². The Morgan fingerprint density at radius 3 is 2.47 bits per heavy atom. The summed E-state index contributed by atoms with van der Waals surface area (Å²) in [5.41, 5.74) is 0.285. The van der Waals surface area contributed by atoms with Crippen molar-refractivity contribution in [3.05, 3.63) is 23.8 Å². The molecule has 0 amide bonds. The normalized spacial score (nSPS) is 11.8. The molecule has 6 nitrogen and oxygen atoms in total. The first-order chi connectivity index (χ1) is 8.21. The molecule has 0 fully saturated rings. The van der Waals surface area contributed by atoms with Crippen LogP contribution in [0, 0.1) is 6.92 Å². The number of ketones is 1. The number of rotatable bonds is 4. The fraction of sp³-hybridized carbons (Fsp3) is 0.273. The van der Waals surface area contributed by atoms with E-state index in [9.17, 15) is 18.3 Å². The molecule has 0 aliphatic carbocycles. The molecule has 0 saturated heterocycles. The zero-order chi connectivity index (χ0) is 13.9. The SMILES string of the molecule is CC(=O)CC([O-])=Nc1cccc(S(=O)(=O)O)c1C.[K+]. The minimum atomic E-state index is -4.35. The molecule has 1 aromatic carbocycles. The van der Waals surface area contributed by atoms with Gasteiger partial charge in [-0.2, -0.15) is 8.42 Å². The molecular formula is C11H12KNO5S. The average molecular weight is 309 g/mol. The van der Waals surface area contributed by atoms with Crippen molar-refractivity contribution >= 4 is 27.5 Å². The third-order valence-electron chi connectivity index (χ3n) is 2.18. The van der Waals surface area contributed by atoms with Gasteiger partial charge in [0, 0.05) is 6.42 Å². The van der Waals surface area contributed by atoms with Gasteiger partial charge in [-0.3, -0.25) is 14.3 Å². The van der Waals surface area contributed by atoms with Gasteiger partial charge in [0.05, 0.1) is 10.6 Å². The van der Waals surface area contributed by atoms with Gasteiger partial charge in [0.15, 0.2) is 0 Å². The molecule has 19 heavy (non-hydrogen) atoms. The molecule has 0 spiro atoms. The Morgan fingerprint density at radius 1 is 1.42 bits per heavy atom. The van der Waals surface area contributed by atoms with E-state index >= 15 is 0 Å². The van der Waals surface area contributed by atoms with Crippen LogP contribution in [0.15, 0.2) is 28.1 Å². The first kappa shape index (κ1) is 18.9. The number of aliphatic imine (C=N–C) groups is 1. The van der Waals surface area contributed by atoms with E-state index in [0.717, 1.165) is 0 Å². The predicted octanol–water partition coefficient (Wildman–Crippen LogP) is -2.38. The molecule has 0 radical (unpaired) electrons. The van der Waals surface area contributed by atoms with E-state index < -0.39 is 16.0 Å². The van der Waals surface area contributed by atoms with Crippen LogP contribution in [-0.2, 0) is 14.9 Å². The van der Waals surface area contributed by atoms with Gasteiger partial charge in [-0.15, -0.1) is 0 Å². The maximum absolute atomic E-state index is 11.3. The second-order valence-corrected chi connectivity index (χ2v) is 5.15. The third-order valence-corrected chi connectivity index (χ3v) is 3.18. The van der Waals surface area contributed by atoms with E-state index in [1.807, 2.05) is 0 Å². The number of nitrogens with zero attached hydrogens (tertiary/aromatic N) is 1. The quantitative estimate of drug-likeness (QED) is 0.289. The Kier molecular flexibility index (Phi) is 7.59. The van der Waals surface area contributed by atoms with Gasteiger partial charge in [0.25, 0.3) is 10.1 Å². The van der Waals surface area contributed by atoms with Crippen LogP contribution in [0.5, 0.6) is 0 Å². The summed E-state index contributed by atoms with van der Waals surface area (Å²) in [6, 6.07) is 4.00. The van der Waals surface area contributed by atoms with Gasteiger partial charge in [-0.1, -0.05) is 6.07 Å². The van der Waals surface area contributed by atoms with E-state index in [4.69, 9.17) is 4.55 Å². The molecule has 8 heteroatoms. The summed E-state index contributed by atoms with van der Waals surface area (Å²) in [6.07, 6.45) is -0.338. The van der Waals surface area contributed by atoms with Crippen LogP contribution < -0.4 is 56.5 Å². The van der Waals surface area contributed by atoms with Crippen LogP contribution in [0.2, 0.25) is 0 Å². The number of hydrogen-bond acceptors (Lipinski definition) is 5. The molecular weight excluding hydrogens is 297 g/mol. The van der Waals surface area contributed by atoms with Gasteiger partial charge < -0.3 is 5.11 Å². The standard InChI is InChI=1S/C11H13NO5S.K/c1-7(13)6-11(14)12-9-4-3-5-10(8(9)2)18(15,16)17;/h3-5H,6H2,1-2H3,(H,12,14)(H,15,16,17);/q;+1/p-1. The van der Waals surface area contributed by atoms with Crippen molar-refractivity contribution in [3.8, 4) is 0 Å². The van der Waals surface area contributed by atoms with Crippen LogP contribution in [0.4, 0.5) is 5.69 Å². The Bertz CT molecular complexity index is 610. The maximum atomic E-state index is 11.3. The molecule has 0 bridgehead atoms. The second kappa shape index (κ2) is 7.63. The summed E-state index contributed by atoms with van der Waals surface area (Å²) < 4.78 is 31.1. The van der Waals surface area contributed by atoms with Gasteiger partial charge >= 0.3 is 51.4 Å². The zero-order valence-corrected chi connectivity index (χ0v) is 14.8. The van der Waals surface area contributed by atoms with Crippen molar-refractivity contribution in [2.75, 3.05) is 0 Å². The summed E-state index contributed by atoms with van der Waals surface area (Å²) in [4.78, 5) is 14.1. The molecule has 0 aliphatic rings. The van der Waals surface area contributed by atoms with Gasteiger partial charge in [-0.25, -0.2) is 0 Å². The molecule has 0 aromatic heterocycles. The molecule has 0 unspecified atom stereocenters. The van der Waals surface area contributed by atoms with Gasteiger partial charge in [-0.05, 0) is 37.4 Å². The van der Waals surface area contributed by atoms with Crippen molar-refractivity contribution < 1.29 is 74.3 Å². The molecule has 0 atom stereocenters. The number of carbonyl (C=O) groups excluding carboxylic acids is 1. The molecule has 1 aromatic rings. The topological polar surface area (TPSA) is 107 Å². The van der Waals surface area contributed by atoms with Crippen LogP contribution in [0.25, 0.3) is 0 Å². The average Bonchev–Trinajstić information content (AvgIpc) is 2.18. The monoisotopic (exact) mass is 309 g/mol. The molecule has 1 rings (SSSR count). The maximum Gasteiger partial charge on any atom is 1.00 e. The minimum absolute atomic E-state index is 0. The third kappa shape index (κ3) is 5.82. The molecule has 0 saturated carbocycles. The van der Waals surface area contributed by atoms with Crippen LogP contribution in [-0.4, -0.2) is 24.7 Å². The minimum Gasteiger partial charge on any atom is -0.861 e. The van der Waals surface area contributed by atoms with E-state index in [-0.39, 0.29) is 79.7 Å². The Balaban J connectivity index is 0.00000324. The first-order valence-electron chi connectivity index (χ1n) is 5.03. The van der Waals surface area contributed by atoms with Crippen LogP contribution >= 0.6 is 0 Å². The summed E-state index contributed by atoms with van der Waals surface area (Å²) >= 11 is 0. The van der Waals surface area contributed by atoms with Crippen molar-refractivity contribution in [2.45, 2.75) is 25.2 Å². The molecule has 1 N–H and O–H groups in total. The molecule has 0 aliphatic heterocycles. The Hall–Kier alpha value is -0.0936. The van der Waals surface area contributed by atoms with Crippen molar-refractivity contribution in [1.29, 1.82) is 0 Å². The largest absolute Gasteiger partial charge is 1.00 e. The summed E-state index contributed by atoms with van der Waals surface area (Å²) in [7, 11) is -4.35. The fourth-order valence-electron chi connectivity index (χ4n) is 1.39. The number of carbonyl (C=O) groups is 1. The van der Waals surface area contributed by atoms with Crippen molar-refractivity contribution in [2.24, 2.45) is 4.99 Å². The first-order valence-corrected chi connectivity index (χ1v) is 6.47. The van der Waals surface area contributed by atoms with E-state index in [2.05, 4.69) is 4.99 Å². The molecule has 98 valence electrons. The number of hydrogen-bond donors (Lipinski definition) is 1. The van der Waals surface area contributed by atoms with Crippen LogP contribution in [0.3, 0.4) is 0 Å². The van der Waals surface area contributed by atoms with Crippen LogP contribution in [0.1, 0.15) is 18.9 Å². The fourth-order valence-corrected chi connectivity index (χ4v) is 2.13. The van der Waals surface area contributed by atoms with Crippen molar-refractivity contribution in [3.63, 3.8) is 0 Å². The summed E-state index contributed by atoms with van der Waals surface area (Å²) in [5.74, 6) is -0.981. The summed E-state index contributed by atoms with van der Waals surface area (Å²) in [5, 5.41) is 11.3. The van der Waals surface area contributed by atoms with E-state index in [0.29, 0.717) is 0 Å². The Morgan fingerprint density at radius 2 is 2.00 bits per heavy atom. The van der Waals surface area contributed by atoms with Gasteiger partial charge in [0.1, 0.15) is 5.78 Å². The zero-order valence-electron chi connectivity index (χ0n) is 10.9. The smallest absolute Gasteiger partial charge is 0.861 e.